The molecule has 1 fully saturated rings. The average Bonchev–Trinajstić information content (AvgIpc) is 3.19. The fourth-order valence-electron chi connectivity index (χ4n) is 3.80. The quantitative estimate of drug-likeness (QED) is 0.744. The van der Waals surface area contributed by atoms with Gasteiger partial charge in [-0.3, -0.25) is 4.79 Å². The molecule has 6 nitrogen and oxygen atoms in total. The highest BCUT2D eigenvalue weighted by molar-refractivity contribution is 5.98. The zero-order valence-corrected chi connectivity index (χ0v) is 16.5. The SMILES string of the molecule is CCCCn1ccnc1C1CCCN(C(=O)c2cccc(OC)c2OC)C1. The number of benzene rings is 1. The summed E-state index contributed by atoms with van der Waals surface area (Å²) in [6, 6.07) is 5.43. The van der Waals surface area contributed by atoms with Crippen molar-refractivity contribution in [1.82, 2.24) is 14.5 Å². The number of hydrogen-bond donors (Lipinski definition) is 0. The Hall–Kier alpha value is -2.50. The summed E-state index contributed by atoms with van der Waals surface area (Å²) in [5.41, 5.74) is 0.548. The Morgan fingerprint density at radius 1 is 1.30 bits per heavy atom. The molecule has 27 heavy (non-hydrogen) atoms. The van der Waals surface area contributed by atoms with Crippen LogP contribution in [-0.4, -0.2) is 47.7 Å². The zero-order chi connectivity index (χ0) is 19.2. The second-order valence-electron chi connectivity index (χ2n) is 6.96. The lowest BCUT2D eigenvalue weighted by molar-refractivity contribution is 0.0699. The first-order chi connectivity index (χ1) is 13.2. The molecule has 1 saturated heterocycles. The second kappa shape index (κ2) is 8.93. The van der Waals surface area contributed by atoms with Crippen molar-refractivity contribution in [2.45, 2.75) is 45.1 Å². The van der Waals surface area contributed by atoms with E-state index in [9.17, 15) is 4.79 Å². The fourth-order valence-corrected chi connectivity index (χ4v) is 3.80. The normalized spacial score (nSPS) is 17.0. The van der Waals surface area contributed by atoms with Gasteiger partial charge in [0.25, 0.3) is 5.91 Å². The van der Waals surface area contributed by atoms with E-state index >= 15 is 0 Å². The number of aryl methyl sites for hydroxylation is 1. The van der Waals surface area contributed by atoms with E-state index in [2.05, 4.69) is 22.7 Å². The topological polar surface area (TPSA) is 56.6 Å². The Bertz CT molecular complexity index is 772. The van der Waals surface area contributed by atoms with Gasteiger partial charge in [-0.05, 0) is 31.4 Å². The number of rotatable bonds is 7. The number of aromatic nitrogens is 2. The molecule has 0 bridgehead atoms. The van der Waals surface area contributed by atoms with Gasteiger partial charge in [-0.2, -0.15) is 0 Å². The smallest absolute Gasteiger partial charge is 0.257 e. The predicted molar refractivity (Wildman–Crippen MR) is 105 cm³/mol. The van der Waals surface area contributed by atoms with Crippen LogP contribution >= 0.6 is 0 Å². The van der Waals surface area contributed by atoms with Gasteiger partial charge in [0.05, 0.1) is 19.8 Å². The van der Waals surface area contributed by atoms with Crippen molar-refractivity contribution in [3.05, 3.63) is 42.0 Å². The Kier molecular flexibility index (Phi) is 6.37. The minimum atomic E-state index is -0.0119. The summed E-state index contributed by atoms with van der Waals surface area (Å²) >= 11 is 0. The second-order valence-corrected chi connectivity index (χ2v) is 6.96. The van der Waals surface area contributed by atoms with Crippen LogP contribution in [0.1, 0.15) is 54.7 Å². The van der Waals surface area contributed by atoms with Crippen LogP contribution in [0.4, 0.5) is 0 Å². The first-order valence-electron chi connectivity index (χ1n) is 9.70. The van der Waals surface area contributed by atoms with Crippen molar-refractivity contribution in [2.24, 2.45) is 0 Å². The highest BCUT2D eigenvalue weighted by Gasteiger charge is 2.29. The van der Waals surface area contributed by atoms with Gasteiger partial charge in [0.2, 0.25) is 0 Å². The zero-order valence-electron chi connectivity index (χ0n) is 16.5. The number of unbranched alkanes of at least 4 members (excludes halogenated alkanes) is 1. The van der Waals surface area contributed by atoms with Gasteiger partial charge in [-0.25, -0.2) is 4.98 Å². The Balaban J connectivity index is 1.79. The average molecular weight is 371 g/mol. The van der Waals surface area contributed by atoms with Crippen molar-refractivity contribution < 1.29 is 14.3 Å². The summed E-state index contributed by atoms with van der Waals surface area (Å²) in [5.74, 6) is 2.43. The number of piperidine rings is 1. The van der Waals surface area contributed by atoms with Gasteiger partial charge in [-0.1, -0.05) is 19.4 Å². The molecule has 0 spiro atoms. The molecule has 1 unspecified atom stereocenters. The molecule has 146 valence electrons. The summed E-state index contributed by atoms with van der Waals surface area (Å²) in [4.78, 5) is 19.7. The molecule has 1 aromatic carbocycles. The standard InChI is InChI=1S/C21H29N3O3/c1-4-5-12-23-14-11-22-20(23)16-8-7-13-24(15-16)21(25)17-9-6-10-18(26-2)19(17)27-3/h6,9-11,14,16H,4-5,7-8,12-13,15H2,1-3H3. The van der Waals surface area contributed by atoms with Crippen LogP contribution in [0.2, 0.25) is 0 Å². The molecule has 1 aliphatic heterocycles. The molecular formula is C21H29N3O3. The number of amides is 1. The van der Waals surface area contributed by atoms with Crippen LogP contribution in [0.5, 0.6) is 11.5 Å². The van der Waals surface area contributed by atoms with Crippen LogP contribution in [0.15, 0.2) is 30.6 Å². The lowest BCUT2D eigenvalue weighted by atomic mass is 9.96. The first-order valence-corrected chi connectivity index (χ1v) is 9.70. The van der Waals surface area contributed by atoms with E-state index in [1.54, 1.807) is 26.4 Å². The summed E-state index contributed by atoms with van der Waals surface area (Å²) in [6.45, 7) is 4.62. The summed E-state index contributed by atoms with van der Waals surface area (Å²) in [5, 5.41) is 0. The van der Waals surface area contributed by atoms with Gasteiger partial charge < -0.3 is 18.9 Å². The van der Waals surface area contributed by atoms with Crippen LogP contribution < -0.4 is 9.47 Å². The van der Waals surface area contributed by atoms with Crippen LogP contribution in [0.25, 0.3) is 0 Å². The van der Waals surface area contributed by atoms with Crippen molar-refractivity contribution in [2.75, 3.05) is 27.3 Å². The molecule has 0 radical (unpaired) electrons. The van der Waals surface area contributed by atoms with E-state index in [4.69, 9.17) is 9.47 Å². The summed E-state index contributed by atoms with van der Waals surface area (Å²) in [6.07, 6.45) is 8.25. The molecule has 2 aromatic rings. The van der Waals surface area contributed by atoms with Crippen LogP contribution in [0.3, 0.4) is 0 Å². The third-order valence-electron chi connectivity index (χ3n) is 5.21. The van der Waals surface area contributed by atoms with Crippen LogP contribution in [-0.2, 0) is 6.54 Å². The van der Waals surface area contributed by atoms with Gasteiger partial charge >= 0.3 is 0 Å². The number of ether oxygens (including phenoxy) is 2. The number of imidazole rings is 1. The van der Waals surface area contributed by atoms with Crippen molar-refractivity contribution >= 4 is 5.91 Å². The van der Waals surface area contributed by atoms with E-state index in [-0.39, 0.29) is 11.8 Å². The fraction of sp³-hybridized carbons (Fsp3) is 0.524. The Morgan fingerprint density at radius 2 is 2.15 bits per heavy atom. The number of para-hydroxylation sites is 1. The van der Waals surface area contributed by atoms with E-state index < -0.39 is 0 Å². The number of carbonyl (C=O) groups is 1. The molecule has 0 aliphatic carbocycles. The Labute approximate surface area is 161 Å². The van der Waals surface area contributed by atoms with E-state index in [0.29, 0.717) is 23.6 Å². The molecule has 1 amide bonds. The molecule has 0 N–H and O–H groups in total. The third-order valence-corrected chi connectivity index (χ3v) is 5.21. The molecular weight excluding hydrogens is 342 g/mol. The number of nitrogens with zero attached hydrogens (tertiary/aromatic N) is 3. The van der Waals surface area contributed by atoms with Crippen molar-refractivity contribution in [3.8, 4) is 11.5 Å². The number of likely N-dealkylation sites (tertiary alicyclic amines) is 1. The minimum Gasteiger partial charge on any atom is -0.493 e. The number of carbonyl (C=O) groups excluding carboxylic acids is 1. The van der Waals surface area contributed by atoms with Crippen molar-refractivity contribution in [1.29, 1.82) is 0 Å². The molecule has 1 aromatic heterocycles. The van der Waals surface area contributed by atoms with E-state index in [1.165, 1.54) is 0 Å². The van der Waals surface area contributed by atoms with Crippen LogP contribution in [0, 0.1) is 0 Å². The lowest BCUT2D eigenvalue weighted by Gasteiger charge is -2.33. The summed E-state index contributed by atoms with van der Waals surface area (Å²) < 4.78 is 13.0. The molecule has 1 atom stereocenters. The highest BCUT2D eigenvalue weighted by atomic mass is 16.5. The van der Waals surface area contributed by atoms with Gasteiger partial charge in [0.1, 0.15) is 5.82 Å². The highest BCUT2D eigenvalue weighted by Crippen LogP contribution is 2.33. The molecule has 6 heteroatoms. The van der Waals surface area contributed by atoms with E-state index in [1.807, 2.05) is 17.2 Å². The molecule has 1 aliphatic rings. The first kappa shape index (κ1) is 19.3. The minimum absolute atomic E-state index is 0.0119. The van der Waals surface area contributed by atoms with Gasteiger partial charge in [0.15, 0.2) is 11.5 Å². The maximum Gasteiger partial charge on any atom is 0.257 e. The van der Waals surface area contributed by atoms with Crippen molar-refractivity contribution in [3.63, 3.8) is 0 Å². The van der Waals surface area contributed by atoms with Gasteiger partial charge in [0, 0.05) is 37.9 Å². The maximum atomic E-state index is 13.2. The number of hydrogen-bond acceptors (Lipinski definition) is 4. The van der Waals surface area contributed by atoms with Gasteiger partial charge in [-0.15, -0.1) is 0 Å². The summed E-state index contributed by atoms with van der Waals surface area (Å²) in [7, 11) is 3.15. The number of methoxy groups -OCH3 is 2. The molecule has 0 saturated carbocycles. The third kappa shape index (κ3) is 4.10. The predicted octanol–water partition coefficient (Wildman–Crippen LogP) is 3.72. The van der Waals surface area contributed by atoms with E-state index in [0.717, 1.165) is 44.6 Å². The molecule has 2 heterocycles. The Morgan fingerprint density at radius 3 is 2.89 bits per heavy atom. The maximum absolute atomic E-state index is 13.2. The monoisotopic (exact) mass is 371 g/mol. The lowest BCUT2D eigenvalue weighted by Crippen LogP contribution is -2.40. The largest absolute Gasteiger partial charge is 0.493 e. The molecule has 3 rings (SSSR count).